The number of hydrogen-bond acceptors (Lipinski definition) is 3. The second-order valence-electron chi connectivity index (χ2n) is 3.74. The Balaban J connectivity index is 2.15. The molecule has 2 fully saturated rings. The fourth-order valence-corrected chi connectivity index (χ4v) is 1.96. The lowest BCUT2D eigenvalue weighted by Crippen LogP contribution is -2.43. The molecule has 2 rings (SSSR count). The maximum absolute atomic E-state index is 11.5. The van der Waals surface area contributed by atoms with Gasteiger partial charge in [-0.25, -0.2) is 0 Å². The van der Waals surface area contributed by atoms with E-state index in [0.717, 1.165) is 6.42 Å². The number of rotatable bonds is 3. The second kappa shape index (κ2) is 2.80. The third kappa shape index (κ3) is 1.09. The molecule has 0 spiro atoms. The molecule has 13 heavy (non-hydrogen) atoms. The van der Waals surface area contributed by atoms with Gasteiger partial charge >= 0.3 is 0 Å². The van der Waals surface area contributed by atoms with E-state index in [1.165, 1.54) is 4.90 Å². The van der Waals surface area contributed by atoms with Crippen molar-refractivity contribution < 1.29 is 14.7 Å². The summed E-state index contributed by atoms with van der Waals surface area (Å²) >= 11 is 0. The lowest BCUT2D eigenvalue weighted by Gasteiger charge is -2.24. The molecule has 2 unspecified atom stereocenters. The molecule has 0 aromatic carbocycles. The Morgan fingerprint density at radius 3 is 2.38 bits per heavy atom. The third-order valence-corrected chi connectivity index (χ3v) is 2.95. The van der Waals surface area contributed by atoms with Gasteiger partial charge in [0.15, 0.2) is 0 Å². The second-order valence-corrected chi connectivity index (χ2v) is 3.74. The van der Waals surface area contributed by atoms with Crippen LogP contribution in [0.15, 0.2) is 0 Å². The Kier molecular flexibility index (Phi) is 1.87. The molecule has 2 aliphatic rings. The number of carbonyl (C=O) groups excluding carboxylic acids is 2. The number of amides is 2. The number of hydrogen-bond donors (Lipinski definition) is 1. The van der Waals surface area contributed by atoms with Crippen LogP contribution in [0, 0.1) is 11.8 Å². The number of aliphatic hydroxyl groups excluding tert-OH is 1. The highest BCUT2D eigenvalue weighted by Gasteiger charge is 2.59. The van der Waals surface area contributed by atoms with Crippen LogP contribution in [0.4, 0.5) is 0 Å². The predicted molar refractivity (Wildman–Crippen MR) is 44.6 cm³/mol. The quantitative estimate of drug-likeness (QED) is 0.614. The van der Waals surface area contributed by atoms with Crippen LogP contribution < -0.4 is 0 Å². The largest absolute Gasteiger partial charge is 0.394 e. The Bertz CT molecular complexity index is 240. The Morgan fingerprint density at radius 1 is 1.46 bits per heavy atom. The van der Waals surface area contributed by atoms with Crippen LogP contribution in [-0.4, -0.2) is 34.5 Å². The molecular weight excluding hydrogens is 170 g/mol. The summed E-state index contributed by atoms with van der Waals surface area (Å²) in [6, 6.07) is -0.298. The molecule has 4 heteroatoms. The van der Waals surface area contributed by atoms with Gasteiger partial charge in [0.1, 0.15) is 0 Å². The van der Waals surface area contributed by atoms with Crippen LogP contribution in [0.5, 0.6) is 0 Å². The number of imide groups is 1. The van der Waals surface area contributed by atoms with Crippen molar-refractivity contribution >= 4 is 11.8 Å². The van der Waals surface area contributed by atoms with Crippen molar-refractivity contribution in [1.82, 2.24) is 4.90 Å². The van der Waals surface area contributed by atoms with Gasteiger partial charge in [0.05, 0.1) is 24.5 Å². The minimum atomic E-state index is -0.298. The van der Waals surface area contributed by atoms with Crippen LogP contribution in [-0.2, 0) is 9.59 Å². The fraction of sp³-hybridized carbons (Fsp3) is 0.778. The zero-order chi connectivity index (χ0) is 9.59. The smallest absolute Gasteiger partial charge is 0.233 e. The number of fused-ring (bicyclic) bond motifs is 1. The van der Waals surface area contributed by atoms with Gasteiger partial charge in [-0.1, -0.05) is 6.92 Å². The van der Waals surface area contributed by atoms with Gasteiger partial charge in [0, 0.05) is 0 Å². The summed E-state index contributed by atoms with van der Waals surface area (Å²) in [5.74, 6) is -0.243. The van der Waals surface area contributed by atoms with Gasteiger partial charge in [0.25, 0.3) is 0 Å². The van der Waals surface area contributed by atoms with Gasteiger partial charge in [-0.2, -0.15) is 0 Å². The number of aliphatic hydroxyl groups is 1. The molecule has 1 heterocycles. The van der Waals surface area contributed by atoms with E-state index in [9.17, 15) is 9.59 Å². The van der Waals surface area contributed by atoms with Crippen LogP contribution in [0.1, 0.15) is 19.8 Å². The predicted octanol–water partition coefficient (Wildman–Crippen LogP) is -0.238. The highest BCUT2D eigenvalue weighted by Crippen LogP contribution is 2.47. The van der Waals surface area contributed by atoms with Gasteiger partial charge in [-0.3, -0.25) is 14.5 Å². The first-order chi connectivity index (χ1) is 6.20. The first-order valence-electron chi connectivity index (χ1n) is 4.68. The van der Waals surface area contributed by atoms with E-state index in [0.29, 0.717) is 6.42 Å². The average molecular weight is 183 g/mol. The Labute approximate surface area is 76.5 Å². The van der Waals surface area contributed by atoms with Crippen molar-refractivity contribution in [2.75, 3.05) is 6.61 Å². The van der Waals surface area contributed by atoms with Crippen molar-refractivity contribution in [2.45, 2.75) is 25.8 Å². The van der Waals surface area contributed by atoms with E-state index in [1.807, 2.05) is 6.92 Å². The molecule has 1 N–H and O–H groups in total. The summed E-state index contributed by atoms with van der Waals surface area (Å²) in [7, 11) is 0. The zero-order valence-electron chi connectivity index (χ0n) is 7.56. The molecule has 0 aromatic rings. The highest BCUT2D eigenvalue weighted by atomic mass is 16.3. The minimum Gasteiger partial charge on any atom is -0.394 e. The summed E-state index contributed by atoms with van der Waals surface area (Å²) in [6.45, 7) is 1.75. The molecule has 0 aromatic heterocycles. The van der Waals surface area contributed by atoms with Crippen LogP contribution in [0.25, 0.3) is 0 Å². The Morgan fingerprint density at radius 2 is 2.00 bits per heavy atom. The summed E-state index contributed by atoms with van der Waals surface area (Å²) in [5.41, 5.74) is 0. The van der Waals surface area contributed by atoms with Crippen LogP contribution >= 0.6 is 0 Å². The molecule has 0 bridgehead atoms. The molecule has 72 valence electrons. The van der Waals surface area contributed by atoms with Crippen LogP contribution in [0.3, 0.4) is 0 Å². The van der Waals surface area contributed by atoms with E-state index in [-0.39, 0.29) is 36.3 Å². The topological polar surface area (TPSA) is 57.6 Å². The maximum atomic E-state index is 11.5. The maximum Gasteiger partial charge on any atom is 0.233 e. The van der Waals surface area contributed by atoms with E-state index >= 15 is 0 Å². The van der Waals surface area contributed by atoms with Crippen molar-refractivity contribution in [2.24, 2.45) is 11.8 Å². The zero-order valence-corrected chi connectivity index (χ0v) is 7.56. The molecular formula is C9H13NO3. The molecule has 1 aliphatic carbocycles. The van der Waals surface area contributed by atoms with E-state index < -0.39 is 0 Å². The first kappa shape index (κ1) is 8.69. The standard InChI is InChI=1S/C9H13NO3/c1-2-5(4-11)10-8(12)6-3-7(6)9(10)13/h5-7,11H,2-4H2,1H3/t5-,6?,7?/m0/s1. The summed E-state index contributed by atoms with van der Waals surface area (Å²) in [4.78, 5) is 24.3. The molecule has 2 amide bonds. The molecule has 0 radical (unpaired) electrons. The summed E-state index contributed by atoms with van der Waals surface area (Å²) < 4.78 is 0. The molecule has 1 saturated carbocycles. The van der Waals surface area contributed by atoms with Crippen molar-refractivity contribution in [1.29, 1.82) is 0 Å². The van der Waals surface area contributed by atoms with Gasteiger partial charge in [0.2, 0.25) is 11.8 Å². The molecule has 1 aliphatic heterocycles. The highest BCUT2D eigenvalue weighted by molar-refractivity contribution is 6.09. The number of nitrogens with zero attached hydrogens (tertiary/aromatic N) is 1. The average Bonchev–Trinajstić information content (AvgIpc) is 2.86. The summed E-state index contributed by atoms with van der Waals surface area (Å²) in [6.07, 6.45) is 1.36. The first-order valence-corrected chi connectivity index (χ1v) is 4.68. The number of piperidine rings is 1. The Hall–Kier alpha value is -0.900. The molecule has 4 nitrogen and oxygen atoms in total. The van der Waals surface area contributed by atoms with Crippen molar-refractivity contribution in [3.05, 3.63) is 0 Å². The number of likely N-dealkylation sites (tertiary alicyclic amines) is 1. The van der Waals surface area contributed by atoms with Gasteiger partial charge in [-0.05, 0) is 12.8 Å². The fourth-order valence-electron chi connectivity index (χ4n) is 1.96. The normalized spacial score (nSPS) is 33.5. The van der Waals surface area contributed by atoms with E-state index in [4.69, 9.17) is 5.11 Å². The lowest BCUT2D eigenvalue weighted by atomic mass is 10.2. The minimum absolute atomic E-state index is 0.0481. The monoisotopic (exact) mass is 183 g/mol. The van der Waals surface area contributed by atoms with Crippen molar-refractivity contribution in [3.8, 4) is 0 Å². The van der Waals surface area contributed by atoms with E-state index in [1.54, 1.807) is 0 Å². The van der Waals surface area contributed by atoms with E-state index in [2.05, 4.69) is 0 Å². The van der Waals surface area contributed by atoms with Gasteiger partial charge < -0.3 is 5.11 Å². The number of carbonyl (C=O) groups is 2. The molecule has 1 saturated heterocycles. The van der Waals surface area contributed by atoms with Crippen molar-refractivity contribution in [3.63, 3.8) is 0 Å². The lowest BCUT2D eigenvalue weighted by molar-refractivity contribution is -0.145. The van der Waals surface area contributed by atoms with Gasteiger partial charge in [-0.15, -0.1) is 0 Å². The van der Waals surface area contributed by atoms with Crippen LogP contribution in [0.2, 0.25) is 0 Å². The molecule has 3 atom stereocenters. The third-order valence-electron chi connectivity index (χ3n) is 2.95. The SMILES string of the molecule is CC[C@@H](CO)N1C(=O)C2CC2C1=O. The summed E-state index contributed by atoms with van der Waals surface area (Å²) in [5, 5.41) is 8.98.